The fraction of sp³-hybridized carbons (Fsp3) is 0.333. The van der Waals surface area contributed by atoms with Crippen LogP contribution < -0.4 is 5.43 Å². The summed E-state index contributed by atoms with van der Waals surface area (Å²) in [5.41, 5.74) is 4.79. The molecule has 0 spiro atoms. The molecule has 152 valence electrons. The van der Waals surface area contributed by atoms with Gasteiger partial charge in [-0.1, -0.05) is 41.4 Å². The summed E-state index contributed by atoms with van der Waals surface area (Å²) < 4.78 is 16.1. The molecule has 1 N–H and O–H groups in total. The van der Waals surface area contributed by atoms with Crippen molar-refractivity contribution >= 4 is 40.1 Å². The van der Waals surface area contributed by atoms with Crippen molar-refractivity contribution in [3.63, 3.8) is 0 Å². The largest absolute Gasteiger partial charge is 0.315 e. The van der Waals surface area contributed by atoms with E-state index in [0.717, 1.165) is 25.9 Å². The first-order chi connectivity index (χ1) is 13.9. The molecule has 0 radical (unpaired) electrons. The summed E-state index contributed by atoms with van der Waals surface area (Å²) in [6, 6.07) is 9.38. The molecule has 1 aromatic heterocycles. The lowest BCUT2D eigenvalue weighted by atomic mass is 10.1. The molecule has 29 heavy (non-hydrogen) atoms. The number of amides is 1. The summed E-state index contributed by atoms with van der Waals surface area (Å²) in [5.74, 6) is 0.121. The van der Waals surface area contributed by atoms with E-state index in [4.69, 9.17) is 23.2 Å². The van der Waals surface area contributed by atoms with Crippen LogP contribution in [0.5, 0.6) is 0 Å². The number of hydrogen-bond donors (Lipinski definition) is 1. The van der Waals surface area contributed by atoms with Crippen LogP contribution in [0.1, 0.15) is 37.2 Å². The molecule has 0 saturated carbocycles. The summed E-state index contributed by atoms with van der Waals surface area (Å²) in [4.78, 5) is 17.6. The minimum Gasteiger partial charge on any atom is -0.315 e. The van der Waals surface area contributed by atoms with Gasteiger partial charge in [-0.15, -0.1) is 0 Å². The van der Waals surface area contributed by atoms with Crippen LogP contribution in [0, 0.1) is 5.82 Å². The highest BCUT2D eigenvalue weighted by Gasteiger charge is 2.25. The number of nitrogens with one attached hydrogen (secondary N) is 1. The standard InChI is InChI=1S/C21H21Cl2FN4O/c1-13(21(29)26-27-8-4-5-9-27)28-19-12-16(23)15(22)11-18(19)25-20(28)10-14-6-2-3-7-17(14)24/h2-3,6-7,11-13H,4-5,8-10H2,1H3,(H,26,29)/t13-/m0/s1. The number of imidazole rings is 1. The molecule has 1 saturated heterocycles. The van der Waals surface area contributed by atoms with Gasteiger partial charge in [-0.05, 0) is 43.5 Å². The Hall–Kier alpha value is -2.15. The minimum absolute atomic E-state index is 0.146. The Morgan fingerprint density at radius 2 is 1.90 bits per heavy atom. The third-order valence-corrected chi connectivity index (χ3v) is 5.97. The molecule has 8 heteroatoms. The third-order valence-electron chi connectivity index (χ3n) is 5.25. The Morgan fingerprint density at radius 1 is 1.21 bits per heavy atom. The van der Waals surface area contributed by atoms with Gasteiger partial charge < -0.3 is 4.57 Å². The van der Waals surface area contributed by atoms with Crippen LogP contribution in [0.15, 0.2) is 36.4 Å². The Bertz CT molecular complexity index is 1060. The fourth-order valence-electron chi connectivity index (χ4n) is 3.70. The molecule has 4 rings (SSSR count). The first-order valence-corrected chi connectivity index (χ1v) is 10.3. The summed E-state index contributed by atoms with van der Waals surface area (Å²) in [6.45, 7) is 3.49. The van der Waals surface area contributed by atoms with Crippen LogP contribution in [-0.2, 0) is 11.2 Å². The number of halogens is 3. The number of hydrogen-bond acceptors (Lipinski definition) is 3. The van der Waals surface area contributed by atoms with E-state index in [1.54, 1.807) is 37.3 Å². The van der Waals surface area contributed by atoms with E-state index in [2.05, 4.69) is 10.4 Å². The first-order valence-electron chi connectivity index (χ1n) is 9.58. The van der Waals surface area contributed by atoms with Crippen molar-refractivity contribution in [2.45, 2.75) is 32.2 Å². The lowest BCUT2D eigenvalue weighted by molar-refractivity contribution is -0.128. The third kappa shape index (κ3) is 4.10. The molecule has 0 bridgehead atoms. The second-order valence-corrected chi connectivity index (χ2v) is 8.08. The topological polar surface area (TPSA) is 50.2 Å². The Morgan fingerprint density at radius 3 is 2.62 bits per heavy atom. The lowest BCUT2D eigenvalue weighted by Crippen LogP contribution is -2.43. The summed E-state index contributed by atoms with van der Waals surface area (Å²) >= 11 is 12.4. The number of rotatable bonds is 5. The quantitative estimate of drug-likeness (QED) is 0.629. The lowest BCUT2D eigenvalue weighted by Gasteiger charge is -2.22. The number of carbonyl (C=O) groups excluding carboxylic acids is 1. The Kier molecular flexibility index (Phi) is 5.76. The average Bonchev–Trinajstić information content (AvgIpc) is 3.31. The SMILES string of the molecule is C[C@@H](C(=O)NN1CCCC1)n1c(Cc2ccccc2F)nc2cc(Cl)c(Cl)cc21. The second-order valence-electron chi connectivity index (χ2n) is 7.27. The van der Waals surface area contributed by atoms with Crippen LogP contribution in [0.3, 0.4) is 0 Å². The first kappa shape index (κ1) is 20.1. The van der Waals surface area contributed by atoms with Crippen molar-refractivity contribution in [1.29, 1.82) is 0 Å². The van der Waals surface area contributed by atoms with Gasteiger partial charge in [0, 0.05) is 19.5 Å². The van der Waals surface area contributed by atoms with E-state index in [-0.39, 0.29) is 18.1 Å². The molecule has 0 aliphatic carbocycles. The minimum atomic E-state index is -0.556. The maximum Gasteiger partial charge on any atom is 0.257 e. The highest BCUT2D eigenvalue weighted by molar-refractivity contribution is 6.42. The molecule has 5 nitrogen and oxygen atoms in total. The molecular weight excluding hydrogens is 414 g/mol. The van der Waals surface area contributed by atoms with Gasteiger partial charge in [-0.2, -0.15) is 0 Å². The maximum atomic E-state index is 14.3. The predicted molar refractivity (Wildman–Crippen MR) is 113 cm³/mol. The molecule has 2 aromatic carbocycles. The molecule has 1 fully saturated rings. The van der Waals surface area contributed by atoms with Gasteiger partial charge in [0.2, 0.25) is 0 Å². The van der Waals surface area contributed by atoms with Crippen LogP contribution in [0.25, 0.3) is 11.0 Å². The van der Waals surface area contributed by atoms with E-state index in [1.807, 2.05) is 9.58 Å². The van der Waals surface area contributed by atoms with Crippen LogP contribution in [0.2, 0.25) is 10.0 Å². The predicted octanol–water partition coefficient (Wildman–Crippen LogP) is 4.76. The zero-order valence-electron chi connectivity index (χ0n) is 16.0. The van der Waals surface area contributed by atoms with E-state index in [9.17, 15) is 9.18 Å². The highest BCUT2D eigenvalue weighted by atomic mass is 35.5. The van der Waals surface area contributed by atoms with Crippen molar-refractivity contribution in [3.05, 3.63) is 63.6 Å². The summed E-state index contributed by atoms with van der Waals surface area (Å²) in [7, 11) is 0. The van der Waals surface area contributed by atoms with E-state index < -0.39 is 6.04 Å². The molecule has 1 aliphatic heterocycles. The number of carbonyl (C=O) groups is 1. The average molecular weight is 435 g/mol. The molecular formula is C21H21Cl2FN4O. The van der Waals surface area contributed by atoms with Crippen LogP contribution >= 0.6 is 23.2 Å². The van der Waals surface area contributed by atoms with Gasteiger partial charge >= 0.3 is 0 Å². The molecule has 1 aliphatic rings. The number of nitrogens with zero attached hydrogens (tertiary/aromatic N) is 3. The highest BCUT2D eigenvalue weighted by Crippen LogP contribution is 2.31. The fourth-order valence-corrected chi connectivity index (χ4v) is 4.02. The van der Waals surface area contributed by atoms with Crippen molar-refractivity contribution in [1.82, 2.24) is 20.0 Å². The summed E-state index contributed by atoms with van der Waals surface area (Å²) in [5, 5.41) is 2.69. The number of aromatic nitrogens is 2. The van der Waals surface area contributed by atoms with Gasteiger partial charge in [-0.25, -0.2) is 14.4 Å². The maximum absolute atomic E-state index is 14.3. The Labute approximate surface area is 178 Å². The van der Waals surface area contributed by atoms with Crippen LogP contribution in [-0.4, -0.2) is 33.6 Å². The molecule has 0 unspecified atom stereocenters. The number of hydrazine groups is 1. The van der Waals surface area contributed by atoms with Gasteiger partial charge in [0.05, 0.1) is 21.1 Å². The second kappa shape index (κ2) is 8.30. The zero-order valence-corrected chi connectivity index (χ0v) is 17.5. The van der Waals surface area contributed by atoms with Gasteiger partial charge in [0.1, 0.15) is 17.7 Å². The van der Waals surface area contributed by atoms with Gasteiger partial charge in [0.15, 0.2) is 0 Å². The number of fused-ring (bicyclic) bond motifs is 1. The molecule has 2 heterocycles. The van der Waals surface area contributed by atoms with Crippen molar-refractivity contribution < 1.29 is 9.18 Å². The van der Waals surface area contributed by atoms with E-state index in [0.29, 0.717) is 32.5 Å². The van der Waals surface area contributed by atoms with Gasteiger partial charge in [0.25, 0.3) is 5.91 Å². The van der Waals surface area contributed by atoms with Crippen molar-refractivity contribution in [2.75, 3.05) is 13.1 Å². The monoisotopic (exact) mass is 434 g/mol. The van der Waals surface area contributed by atoms with Crippen molar-refractivity contribution in [2.24, 2.45) is 0 Å². The molecule has 1 amide bonds. The van der Waals surface area contributed by atoms with Crippen molar-refractivity contribution in [3.8, 4) is 0 Å². The zero-order chi connectivity index (χ0) is 20.5. The summed E-state index contributed by atoms with van der Waals surface area (Å²) in [6.07, 6.45) is 2.38. The van der Waals surface area contributed by atoms with E-state index in [1.165, 1.54) is 6.07 Å². The van der Waals surface area contributed by atoms with E-state index >= 15 is 0 Å². The number of benzene rings is 2. The van der Waals surface area contributed by atoms with Crippen LogP contribution in [0.4, 0.5) is 4.39 Å². The molecule has 3 aromatic rings. The van der Waals surface area contributed by atoms with Gasteiger partial charge in [-0.3, -0.25) is 10.2 Å². The normalized spacial score (nSPS) is 15.7. The smallest absolute Gasteiger partial charge is 0.257 e. The Balaban J connectivity index is 1.75. The molecule has 1 atom stereocenters.